The number of anilines is 2. The van der Waals surface area contributed by atoms with Gasteiger partial charge in [-0.3, -0.25) is 0 Å². The zero-order valence-corrected chi connectivity index (χ0v) is 15.3. The molecular weight excluding hydrogens is 320 g/mol. The second-order valence-corrected chi connectivity index (χ2v) is 6.18. The van der Waals surface area contributed by atoms with Gasteiger partial charge in [-0.05, 0) is 47.2 Å². The maximum absolute atomic E-state index is 12.5. The van der Waals surface area contributed by atoms with Crippen molar-refractivity contribution in [2.75, 3.05) is 10.6 Å². The van der Waals surface area contributed by atoms with Crippen molar-refractivity contribution in [2.24, 2.45) is 0 Å². The molecule has 26 heavy (non-hydrogen) atoms. The third kappa shape index (κ3) is 4.12. The molecule has 3 heteroatoms. The highest BCUT2D eigenvalue weighted by molar-refractivity contribution is 6.00. The van der Waals surface area contributed by atoms with Crippen molar-refractivity contribution in [1.82, 2.24) is 0 Å². The summed E-state index contributed by atoms with van der Waals surface area (Å²) < 4.78 is 0. The molecule has 0 atom stereocenters. The van der Waals surface area contributed by atoms with Gasteiger partial charge in [-0.15, -0.1) is 0 Å². The highest BCUT2D eigenvalue weighted by atomic mass is 16.2. The van der Waals surface area contributed by atoms with Gasteiger partial charge < -0.3 is 10.6 Å². The number of carbonyl (C=O) groups excluding carboxylic acids is 1. The Hall–Kier alpha value is -3.07. The molecule has 0 aromatic heterocycles. The van der Waals surface area contributed by atoms with E-state index in [1.165, 1.54) is 0 Å². The number of para-hydroxylation sites is 1. The predicted molar refractivity (Wildman–Crippen MR) is 110 cm³/mol. The van der Waals surface area contributed by atoms with Crippen LogP contribution in [0.15, 0.2) is 72.8 Å². The topological polar surface area (TPSA) is 41.1 Å². The molecule has 0 saturated carbocycles. The Morgan fingerprint density at radius 2 is 1.27 bits per heavy atom. The average molecular weight is 344 g/mol. The zero-order valence-electron chi connectivity index (χ0n) is 15.3. The van der Waals surface area contributed by atoms with Crippen LogP contribution in [-0.2, 0) is 12.8 Å². The zero-order chi connectivity index (χ0) is 18.4. The lowest BCUT2D eigenvalue weighted by Gasteiger charge is -2.15. The van der Waals surface area contributed by atoms with Gasteiger partial charge in [-0.1, -0.05) is 74.5 Å². The molecule has 3 rings (SSSR count). The van der Waals surface area contributed by atoms with E-state index in [4.69, 9.17) is 0 Å². The molecule has 0 heterocycles. The van der Waals surface area contributed by atoms with Crippen molar-refractivity contribution in [3.63, 3.8) is 0 Å². The first-order chi connectivity index (χ1) is 12.7. The van der Waals surface area contributed by atoms with Gasteiger partial charge in [0.15, 0.2) is 0 Å². The number of hydrogen-bond acceptors (Lipinski definition) is 1. The van der Waals surface area contributed by atoms with E-state index < -0.39 is 0 Å². The molecule has 0 unspecified atom stereocenters. The lowest BCUT2D eigenvalue weighted by molar-refractivity contribution is 0.262. The summed E-state index contributed by atoms with van der Waals surface area (Å²) in [5, 5.41) is 5.95. The summed E-state index contributed by atoms with van der Waals surface area (Å²) in [7, 11) is 0. The largest absolute Gasteiger partial charge is 0.323 e. The second-order valence-electron chi connectivity index (χ2n) is 6.18. The number of benzene rings is 3. The van der Waals surface area contributed by atoms with Crippen molar-refractivity contribution < 1.29 is 4.79 Å². The van der Waals surface area contributed by atoms with Crippen molar-refractivity contribution in [3.8, 4) is 11.1 Å². The second kappa shape index (κ2) is 8.34. The first-order valence-electron chi connectivity index (χ1n) is 9.05. The van der Waals surface area contributed by atoms with Crippen LogP contribution in [0.1, 0.15) is 25.0 Å². The smallest absolute Gasteiger partial charge is 0.308 e. The summed E-state index contributed by atoms with van der Waals surface area (Å²) in [6, 6.07) is 24.0. The van der Waals surface area contributed by atoms with Crippen molar-refractivity contribution in [2.45, 2.75) is 26.7 Å². The van der Waals surface area contributed by atoms with Gasteiger partial charge in [0.25, 0.3) is 0 Å². The van der Waals surface area contributed by atoms with Gasteiger partial charge in [0.1, 0.15) is 0 Å². The van der Waals surface area contributed by atoms with E-state index in [-0.39, 0.29) is 6.03 Å². The number of aryl methyl sites for hydroxylation is 2. The van der Waals surface area contributed by atoms with Gasteiger partial charge in [0.05, 0.1) is 0 Å². The summed E-state index contributed by atoms with van der Waals surface area (Å²) in [5.41, 5.74) is 6.29. The molecule has 2 N–H and O–H groups in total. The van der Waals surface area contributed by atoms with E-state index in [2.05, 4.69) is 48.7 Å². The van der Waals surface area contributed by atoms with Crippen LogP contribution in [0, 0.1) is 0 Å². The summed E-state index contributed by atoms with van der Waals surface area (Å²) in [4.78, 5) is 12.5. The fourth-order valence-electron chi connectivity index (χ4n) is 3.06. The molecule has 2 amide bonds. The molecule has 132 valence electrons. The van der Waals surface area contributed by atoms with E-state index in [9.17, 15) is 4.79 Å². The Morgan fingerprint density at radius 3 is 1.85 bits per heavy atom. The summed E-state index contributed by atoms with van der Waals surface area (Å²) in [5.74, 6) is 0. The Morgan fingerprint density at radius 1 is 0.692 bits per heavy atom. The third-order valence-electron chi connectivity index (χ3n) is 4.49. The number of amides is 2. The normalized spacial score (nSPS) is 10.4. The Bertz CT molecular complexity index is 848. The van der Waals surface area contributed by atoms with Crippen LogP contribution < -0.4 is 10.6 Å². The number of nitrogens with one attached hydrogen (secondary N) is 2. The van der Waals surface area contributed by atoms with E-state index in [0.29, 0.717) is 0 Å². The van der Waals surface area contributed by atoms with E-state index >= 15 is 0 Å². The van der Waals surface area contributed by atoms with Crippen LogP contribution in [-0.4, -0.2) is 6.03 Å². The van der Waals surface area contributed by atoms with E-state index in [0.717, 1.165) is 46.5 Å². The third-order valence-corrected chi connectivity index (χ3v) is 4.49. The van der Waals surface area contributed by atoms with Gasteiger partial charge in [-0.25, -0.2) is 4.79 Å². The molecule has 0 aliphatic heterocycles. The fraction of sp³-hybridized carbons (Fsp3) is 0.174. The highest BCUT2D eigenvalue weighted by Gasteiger charge is 2.10. The average Bonchev–Trinajstić information content (AvgIpc) is 2.69. The SMILES string of the molecule is CCc1cccc(CC)c1NC(=O)Nc1ccc(-c2ccccc2)cc1. The molecule has 0 aliphatic carbocycles. The monoisotopic (exact) mass is 344 g/mol. The first kappa shape index (κ1) is 17.7. The Balaban J connectivity index is 1.71. The molecule has 3 aromatic carbocycles. The van der Waals surface area contributed by atoms with Crippen LogP contribution in [0.25, 0.3) is 11.1 Å². The predicted octanol–water partition coefficient (Wildman–Crippen LogP) is 6.12. The van der Waals surface area contributed by atoms with Gasteiger partial charge >= 0.3 is 6.03 Å². The molecule has 3 nitrogen and oxygen atoms in total. The van der Waals surface area contributed by atoms with Crippen LogP contribution in [0.4, 0.5) is 16.2 Å². The number of rotatable bonds is 5. The summed E-state index contributed by atoms with van der Waals surface area (Å²) in [6.07, 6.45) is 1.77. The number of hydrogen-bond donors (Lipinski definition) is 2. The lowest BCUT2D eigenvalue weighted by atomic mass is 10.0. The standard InChI is InChI=1S/C23H24N2O/c1-3-17-11-8-12-18(4-2)22(17)25-23(26)24-21-15-13-20(14-16-21)19-9-6-5-7-10-19/h5-16H,3-4H2,1-2H3,(H2,24,25,26). The minimum absolute atomic E-state index is 0.215. The minimum atomic E-state index is -0.215. The number of urea groups is 1. The summed E-state index contributed by atoms with van der Waals surface area (Å²) >= 11 is 0. The van der Waals surface area contributed by atoms with Crippen LogP contribution in [0.5, 0.6) is 0 Å². The van der Waals surface area contributed by atoms with Crippen LogP contribution in [0.3, 0.4) is 0 Å². The lowest BCUT2D eigenvalue weighted by Crippen LogP contribution is -2.21. The number of carbonyl (C=O) groups is 1. The highest BCUT2D eigenvalue weighted by Crippen LogP contribution is 2.24. The fourth-order valence-corrected chi connectivity index (χ4v) is 3.06. The van der Waals surface area contributed by atoms with Gasteiger partial charge in [0, 0.05) is 11.4 Å². The van der Waals surface area contributed by atoms with Crippen LogP contribution >= 0.6 is 0 Å². The molecule has 0 radical (unpaired) electrons. The van der Waals surface area contributed by atoms with Crippen molar-refractivity contribution in [1.29, 1.82) is 0 Å². The van der Waals surface area contributed by atoms with Gasteiger partial charge in [0.2, 0.25) is 0 Å². The molecular formula is C23H24N2O. The summed E-state index contributed by atoms with van der Waals surface area (Å²) in [6.45, 7) is 4.19. The van der Waals surface area contributed by atoms with E-state index in [1.54, 1.807) is 0 Å². The molecule has 3 aromatic rings. The van der Waals surface area contributed by atoms with E-state index in [1.807, 2.05) is 48.5 Å². The maximum atomic E-state index is 12.5. The molecule has 0 fully saturated rings. The van der Waals surface area contributed by atoms with Crippen molar-refractivity contribution >= 4 is 17.4 Å². The molecule has 0 aliphatic rings. The Kier molecular flexibility index (Phi) is 5.69. The van der Waals surface area contributed by atoms with Crippen molar-refractivity contribution in [3.05, 3.63) is 83.9 Å². The van der Waals surface area contributed by atoms with Gasteiger partial charge in [-0.2, -0.15) is 0 Å². The minimum Gasteiger partial charge on any atom is -0.308 e. The quantitative estimate of drug-likeness (QED) is 0.575. The maximum Gasteiger partial charge on any atom is 0.323 e. The molecule has 0 spiro atoms. The first-order valence-corrected chi connectivity index (χ1v) is 9.05. The van der Waals surface area contributed by atoms with Crippen LogP contribution in [0.2, 0.25) is 0 Å². The molecule has 0 bridgehead atoms. The Labute approximate surface area is 155 Å². The molecule has 0 saturated heterocycles.